The van der Waals surface area contributed by atoms with Crippen molar-refractivity contribution < 1.29 is 0 Å². The summed E-state index contributed by atoms with van der Waals surface area (Å²) in [6.07, 6.45) is 2.17. The minimum atomic E-state index is -1.67. The molecule has 1 aromatic heterocycles. The minimum absolute atomic E-state index is 0.400. The molecular weight excluding hydrogens is 347 g/mol. The molecule has 0 amide bonds. The van der Waals surface area contributed by atoms with Gasteiger partial charge in [0.05, 0.1) is 6.20 Å². The number of aromatic nitrogens is 2. The summed E-state index contributed by atoms with van der Waals surface area (Å²) in [5.74, 6) is 0. The van der Waals surface area contributed by atoms with Crippen LogP contribution in [0.2, 0.25) is 0 Å². The van der Waals surface area contributed by atoms with E-state index in [1.165, 1.54) is 43.9 Å². The first-order valence-electron chi connectivity index (χ1n) is 9.89. The van der Waals surface area contributed by atoms with E-state index in [2.05, 4.69) is 95.7 Å². The Kier molecular flexibility index (Phi) is 4.31. The molecule has 0 bridgehead atoms. The summed E-state index contributed by atoms with van der Waals surface area (Å²) < 4.78 is 2.24. The van der Waals surface area contributed by atoms with E-state index in [9.17, 15) is 0 Å². The lowest BCUT2D eigenvalue weighted by Gasteiger charge is -2.41. The molecule has 0 N–H and O–H groups in total. The van der Waals surface area contributed by atoms with Crippen molar-refractivity contribution in [1.29, 1.82) is 0 Å². The molecule has 2 heterocycles. The summed E-state index contributed by atoms with van der Waals surface area (Å²) in [5.41, 5.74) is 7.35. The lowest BCUT2D eigenvalue weighted by molar-refractivity contribution is 0.508. The Balaban J connectivity index is 2.05. The second-order valence-electron chi connectivity index (χ2n) is 8.54. The Morgan fingerprint density at radius 2 is 1.26 bits per heavy atom. The zero-order chi connectivity index (χ0) is 19.5. The molecule has 1 unspecified atom stereocenters. The molecule has 1 aliphatic heterocycles. The van der Waals surface area contributed by atoms with Crippen molar-refractivity contribution in [2.24, 2.45) is 0 Å². The highest BCUT2D eigenvalue weighted by atomic mass is 31.2. The molecule has 0 radical (unpaired) electrons. The third kappa shape index (κ3) is 2.61. The number of aryl methyl sites for hydroxylation is 4. The normalized spacial score (nSPS) is 17.7. The maximum Gasteiger partial charge on any atom is 0.150 e. The fraction of sp³-hybridized carbons (Fsp3) is 0.375. The highest BCUT2D eigenvalue weighted by molar-refractivity contribution is 7.97. The molecule has 2 nitrogen and oxygen atoms in total. The number of hydrogen-bond donors (Lipinski definition) is 0. The summed E-state index contributed by atoms with van der Waals surface area (Å²) in [5, 5.41) is 9.31. The zero-order valence-electron chi connectivity index (χ0n) is 17.5. The van der Waals surface area contributed by atoms with Crippen LogP contribution in [0.4, 0.5) is 0 Å². The molecule has 1 atom stereocenters. The molecule has 3 heteroatoms. The van der Waals surface area contributed by atoms with Gasteiger partial charge < -0.3 is 0 Å². The van der Waals surface area contributed by atoms with Gasteiger partial charge in [-0.05, 0) is 95.0 Å². The van der Waals surface area contributed by atoms with Gasteiger partial charge in [0.25, 0.3) is 0 Å². The summed E-state index contributed by atoms with van der Waals surface area (Å²) >= 11 is 0. The molecule has 1 aliphatic rings. The van der Waals surface area contributed by atoms with E-state index in [1.807, 2.05) is 0 Å². The van der Waals surface area contributed by atoms with E-state index >= 15 is 0 Å². The van der Waals surface area contributed by atoms with E-state index in [-0.39, 0.29) is 0 Å². The molecule has 27 heavy (non-hydrogen) atoms. The van der Waals surface area contributed by atoms with Crippen LogP contribution in [0.1, 0.15) is 60.4 Å². The Hall–Kier alpha value is -1.92. The van der Waals surface area contributed by atoms with Gasteiger partial charge in [-0.25, -0.2) is 0 Å². The van der Waals surface area contributed by atoms with E-state index in [4.69, 9.17) is 5.10 Å². The van der Waals surface area contributed by atoms with Crippen LogP contribution in [0.15, 0.2) is 42.6 Å². The van der Waals surface area contributed by atoms with E-state index in [0.717, 1.165) is 0 Å². The predicted molar refractivity (Wildman–Crippen MR) is 119 cm³/mol. The third-order valence-corrected chi connectivity index (χ3v) is 10.5. The highest BCUT2D eigenvalue weighted by Gasteiger charge is 2.64. The van der Waals surface area contributed by atoms with E-state index in [1.54, 1.807) is 0 Å². The summed E-state index contributed by atoms with van der Waals surface area (Å²) in [4.78, 5) is 0. The van der Waals surface area contributed by atoms with Gasteiger partial charge in [0.2, 0.25) is 0 Å². The molecule has 2 aromatic carbocycles. The molecule has 0 fully saturated rings. The first kappa shape index (κ1) is 18.4. The predicted octanol–water partition coefficient (Wildman–Crippen LogP) is 5.07. The molecule has 3 aromatic rings. The number of fused-ring (bicyclic) bond motifs is 1. The maximum absolute atomic E-state index is 4.81. The van der Waals surface area contributed by atoms with Crippen molar-refractivity contribution in [3.8, 4) is 0 Å². The van der Waals surface area contributed by atoms with Gasteiger partial charge in [-0.2, -0.15) is 5.10 Å². The highest BCUT2D eigenvalue weighted by Crippen LogP contribution is 2.74. The average molecular weight is 377 g/mol. The number of hydrogen-bond acceptors (Lipinski definition) is 1. The zero-order valence-corrected chi connectivity index (χ0v) is 18.4. The Bertz CT molecular complexity index is 937. The van der Waals surface area contributed by atoms with E-state index < -0.39 is 7.26 Å². The molecule has 0 saturated heterocycles. The molecule has 0 saturated carbocycles. The van der Waals surface area contributed by atoms with Crippen LogP contribution in [-0.2, 0) is 0 Å². The smallest absolute Gasteiger partial charge is 0.150 e. The van der Waals surface area contributed by atoms with Gasteiger partial charge in [-0.1, -0.05) is 12.1 Å². The maximum atomic E-state index is 4.81. The van der Waals surface area contributed by atoms with Crippen LogP contribution in [0.3, 0.4) is 0 Å². The number of nitrogens with zero attached hydrogens (tertiary/aromatic N) is 2. The van der Waals surface area contributed by atoms with Crippen molar-refractivity contribution in [3.63, 3.8) is 0 Å². The van der Waals surface area contributed by atoms with Crippen molar-refractivity contribution in [3.05, 3.63) is 70.5 Å². The molecular formula is C24H30N2P+. The van der Waals surface area contributed by atoms with Crippen LogP contribution in [0.25, 0.3) is 0 Å². The van der Waals surface area contributed by atoms with Crippen LogP contribution in [0, 0.1) is 27.7 Å². The monoisotopic (exact) mass is 377 g/mol. The molecule has 0 spiro atoms. The Labute approximate surface area is 164 Å². The van der Waals surface area contributed by atoms with Crippen molar-refractivity contribution in [2.45, 2.75) is 60.2 Å². The summed E-state index contributed by atoms with van der Waals surface area (Å²) in [7, 11) is -1.67. The quantitative estimate of drug-likeness (QED) is 0.583. The first-order chi connectivity index (χ1) is 12.7. The standard InChI is InChI=1S/C24H30N2P/c1-15(2)26-24-20(7)27(23(24)14-25-26,21-10-16(3)8-17(4)11-21)22-12-18(5)9-19(6)13-22/h8-15,20H,1-7H3/q+1. The second-order valence-corrected chi connectivity index (χ2v) is 12.3. The van der Waals surface area contributed by atoms with E-state index in [0.29, 0.717) is 11.7 Å². The van der Waals surface area contributed by atoms with Gasteiger partial charge >= 0.3 is 0 Å². The second kappa shape index (κ2) is 6.31. The van der Waals surface area contributed by atoms with Crippen molar-refractivity contribution in [2.75, 3.05) is 0 Å². The fourth-order valence-electron chi connectivity index (χ4n) is 4.96. The fourth-order valence-corrected chi connectivity index (χ4v) is 10.1. The molecule has 0 aliphatic carbocycles. The summed E-state index contributed by atoms with van der Waals surface area (Å²) in [6, 6.07) is 14.6. The summed E-state index contributed by atoms with van der Waals surface area (Å²) in [6.45, 7) is 15.8. The van der Waals surface area contributed by atoms with Crippen LogP contribution < -0.4 is 15.9 Å². The van der Waals surface area contributed by atoms with Gasteiger partial charge in [0, 0.05) is 6.04 Å². The number of benzene rings is 2. The Morgan fingerprint density at radius 1 is 0.815 bits per heavy atom. The van der Waals surface area contributed by atoms with Crippen LogP contribution >= 0.6 is 7.26 Å². The minimum Gasteiger partial charge on any atom is -0.259 e. The van der Waals surface area contributed by atoms with Gasteiger partial charge in [-0.3, -0.25) is 4.68 Å². The van der Waals surface area contributed by atoms with Crippen molar-refractivity contribution >= 4 is 23.2 Å². The van der Waals surface area contributed by atoms with Crippen molar-refractivity contribution in [1.82, 2.24) is 9.78 Å². The lowest BCUT2D eigenvalue weighted by Crippen LogP contribution is -2.45. The topological polar surface area (TPSA) is 17.8 Å². The molecule has 140 valence electrons. The van der Waals surface area contributed by atoms with Gasteiger partial charge in [-0.15, -0.1) is 0 Å². The Morgan fingerprint density at radius 3 is 1.67 bits per heavy atom. The third-order valence-electron chi connectivity index (χ3n) is 5.89. The largest absolute Gasteiger partial charge is 0.259 e. The first-order valence-corrected chi connectivity index (χ1v) is 11.8. The SMILES string of the molecule is Cc1cc(C)cc([P+]2(c3cc(C)cc(C)c3)c3cnn(C(C)C)c3C2C)c1. The molecule has 4 rings (SSSR count). The lowest BCUT2D eigenvalue weighted by atomic mass is 10.1. The van der Waals surface area contributed by atoms with Crippen LogP contribution in [-0.4, -0.2) is 9.78 Å². The van der Waals surface area contributed by atoms with Gasteiger partial charge in [0.1, 0.15) is 34.5 Å². The average Bonchev–Trinajstić information content (AvgIpc) is 2.94. The van der Waals surface area contributed by atoms with Crippen LogP contribution in [0.5, 0.6) is 0 Å². The van der Waals surface area contributed by atoms with Gasteiger partial charge in [0.15, 0.2) is 0 Å². The number of rotatable bonds is 3.